The van der Waals surface area contributed by atoms with Crippen LogP contribution in [-0.2, 0) is 12.8 Å². The van der Waals surface area contributed by atoms with Crippen molar-refractivity contribution in [2.75, 3.05) is 13.1 Å². The van der Waals surface area contributed by atoms with Crippen LogP contribution in [0.1, 0.15) is 49.8 Å². The number of likely N-dealkylation sites (tertiary alicyclic amines) is 1. The molecule has 3 unspecified atom stereocenters. The molecule has 3 heteroatoms. The van der Waals surface area contributed by atoms with Crippen LogP contribution in [0.15, 0.2) is 43.0 Å². The lowest BCUT2D eigenvalue weighted by Gasteiger charge is -2.42. The van der Waals surface area contributed by atoms with Crippen molar-refractivity contribution >= 4 is 0 Å². The van der Waals surface area contributed by atoms with Crippen molar-refractivity contribution in [3.8, 4) is 0 Å². The molecule has 1 saturated heterocycles. The zero-order chi connectivity index (χ0) is 16.4. The maximum atomic E-state index is 4.25. The van der Waals surface area contributed by atoms with Gasteiger partial charge in [0.1, 0.15) is 0 Å². The summed E-state index contributed by atoms with van der Waals surface area (Å²) in [7, 11) is 0. The second-order valence-corrected chi connectivity index (χ2v) is 7.69. The average Bonchev–Trinajstić information content (AvgIpc) is 3.16. The number of piperidine rings is 1. The Hall–Kier alpha value is -1.61. The number of hydrogen-bond donors (Lipinski definition) is 0. The number of imidazole rings is 1. The Balaban J connectivity index is 1.44. The van der Waals surface area contributed by atoms with E-state index in [0.29, 0.717) is 12.1 Å². The van der Waals surface area contributed by atoms with Gasteiger partial charge in [-0.05, 0) is 62.6 Å². The van der Waals surface area contributed by atoms with E-state index in [1.54, 1.807) is 11.1 Å². The topological polar surface area (TPSA) is 21.1 Å². The Labute approximate surface area is 145 Å². The first-order valence-corrected chi connectivity index (χ1v) is 9.59. The van der Waals surface area contributed by atoms with E-state index in [2.05, 4.69) is 51.8 Å². The van der Waals surface area contributed by atoms with E-state index in [0.717, 1.165) is 5.92 Å². The van der Waals surface area contributed by atoms with Crippen LogP contribution in [0, 0.1) is 5.92 Å². The third kappa shape index (κ3) is 3.27. The summed E-state index contributed by atoms with van der Waals surface area (Å²) in [6, 6.07) is 10.2. The molecule has 1 aliphatic heterocycles. The molecule has 1 aliphatic carbocycles. The third-order valence-corrected chi connectivity index (χ3v) is 6.16. The van der Waals surface area contributed by atoms with Crippen molar-refractivity contribution in [3.63, 3.8) is 0 Å². The zero-order valence-corrected chi connectivity index (χ0v) is 14.8. The minimum absolute atomic E-state index is 0.517. The predicted molar refractivity (Wildman–Crippen MR) is 98.1 cm³/mol. The number of aromatic nitrogens is 2. The Kier molecular flexibility index (Phi) is 4.70. The Bertz CT molecular complexity index is 649. The van der Waals surface area contributed by atoms with Gasteiger partial charge >= 0.3 is 0 Å². The van der Waals surface area contributed by atoms with Crippen molar-refractivity contribution in [3.05, 3.63) is 54.1 Å². The second kappa shape index (κ2) is 7.10. The summed E-state index contributed by atoms with van der Waals surface area (Å²) in [6.45, 7) is 4.89. The smallest absolute Gasteiger partial charge is 0.0948 e. The standard InChI is InChI=1S/C21H29N3/c1-17(24-13-11-22-16-24)21-8-4-5-12-23(21)15-18-9-10-19-6-2-3-7-20(19)14-18/h2-3,6-7,11,13,16-18,21H,4-5,8-10,12,14-15H2,1H3. The molecule has 24 heavy (non-hydrogen) atoms. The first-order valence-electron chi connectivity index (χ1n) is 9.59. The molecule has 3 nitrogen and oxygen atoms in total. The lowest BCUT2D eigenvalue weighted by Crippen LogP contribution is -2.46. The number of aryl methyl sites for hydroxylation is 1. The molecular formula is C21H29N3. The Morgan fingerprint density at radius 3 is 2.88 bits per heavy atom. The van der Waals surface area contributed by atoms with Crippen LogP contribution in [0.3, 0.4) is 0 Å². The SMILES string of the molecule is CC(C1CCCCN1CC1CCc2ccccc2C1)n1ccnc1. The van der Waals surface area contributed by atoms with Crippen LogP contribution in [0.4, 0.5) is 0 Å². The van der Waals surface area contributed by atoms with Gasteiger partial charge in [-0.1, -0.05) is 30.7 Å². The van der Waals surface area contributed by atoms with Crippen molar-refractivity contribution in [2.24, 2.45) is 5.92 Å². The van der Waals surface area contributed by atoms with Gasteiger partial charge in [0.15, 0.2) is 0 Å². The van der Waals surface area contributed by atoms with Crippen molar-refractivity contribution in [1.29, 1.82) is 0 Å². The predicted octanol–water partition coefficient (Wildman–Crippen LogP) is 4.10. The second-order valence-electron chi connectivity index (χ2n) is 7.69. The van der Waals surface area contributed by atoms with E-state index in [1.165, 1.54) is 51.6 Å². The van der Waals surface area contributed by atoms with Crippen molar-refractivity contribution in [1.82, 2.24) is 14.5 Å². The summed E-state index contributed by atoms with van der Waals surface area (Å²) in [4.78, 5) is 7.03. The Morgan fingerprint density at radius 2 is 2.04 bits per heavy atom. The number of rotatable bonds is 4. The third-order valence-electron chi connectivity index (χ3n) is 6.16. The number of benzene rings is 1. The molecule has 3 atom stereocenters. The van der Waals surface area contributed by atoms with Gasteiger partial charge in [-0.25, -0.2) is 4.98 Å². The molecule has 0 amide bonds. The molecule has 4 rings (SSSR count). The fourth-order valence-corrected chi connectivity index (χ4v) is 4.76. The van der Waals surface area contributed by atoms with Gasteiger partial charge in [-0.2, -0.15) is 0 Å². The van der Waals surface area contributed by atoms with Gasteiger partial charge in [-0.15, -0.1) is 0 Å². The van der Waals surface area contributed by atoms with Gasteiger partial charge in [0.25, 0.3) is 0 Å². The molecule has 128 valence electrons. The molecule has 0 bridgehead atoms. The number of hydrogen-bond acceptors (Lipinski definition) is 2. The molecule has 1 aromatic carbocycles. The lowest BCUT2D eigenvalue weighted by molar-refractivity contribution is 0.0876. The number of nitrogens with zero attached hydrogens (tertiary/aromatic N) is 3. The molecular weight excluding hydrogens is 294 g/mol. The summed E-state index contributed by atoms with van der Waals surface area (Å²) in [5, 5.41) is 0. The highest BCUT2D eigenvalue weighted by Gasteiger charge is 2.30. The highest BCUT2D eigenvalue weighted by molar-refractivity contribution is 5.29. The van der Waals surface area contributed by atoms with Gasteiger partial charge < -0.3 is 4.57 Å². The first-order chi connectivity index (χ1) is 11.8. The van der Waals surface area contributed by atoms with Crippen LogP contribution in [0.2, 0.25) is 0 Å². The van der Waals surface area contributed by atoms with E-state index in [9.17, 15) is 0 Å². The highest BCUT2D eigenvalue weighted by Crippen LogP contribution is 2.31. The summed E-state index contributed by atoms with van der Waals surface area (Å²) in [5.74, 6) is 0.815. The molecule has 1 fully saturated rings. The Morgan fingerprint density at radius 1 is 1.17 bits per heavy atom. The van der Waals surface area contributed by atoms with Crippen LogP contribution < -0.4 is 0 Å². The zero-order valence-electron chi connectivity index (χ0n) is 14.8. The normalized spacial score (nSPS) is 26.0. The van der Waals surface area contributed by atoms with Crippen LogP contribution in [0.25, 0.3) is 0 Å². The average molecular weight is 323 g/mol. The fourth-order valence-electron chi connectivity index (χ4n) is 4.76. The lowest BCUT2D eigenvalue weighted by atomic mass is 9.83. The van der Waals surface area contributed by atoms with Crippen molar-refractivity contribution in [2.45, 2.75) is 57.5 Å². The maximum absolute atomic E-state index is 4.25. The monoisotopic (exact) mass is 323 g/mol. The number of fused-ring (bicyclic) bond motifs is 1. The maximum Gasteiger partial charge on any atom is 0.0948 e. The minimum Gasteiger partial charge on any atom is -0.333 e. The molecule has 2 aliphatic rings. The fraction of sp³-hybridized carbons (Fsp3) is 0.571. The van der Waals surface area contributed by atoms with E-state index >= 15 is 0 Å². The van der Waals surface area contributed by atoms with Crippen LogP contribution in [0.5, 0.6) is 0 Å². The molecule has 0 N–H and O–H groups in total. The largest absolute Gasteiger partial charge is 0.333 e. The highest BCUT2D eigenvalue weighted by atomic mass is 15.2. The van der Waals surface area contributed by atoms with Crippen LogP contribution >= 0.6 is 0 Å². The van der Waals surface area contributed by atoms with Gasteiger partial charge in [0, 0.05) is 31.0 Å². The molecule has 1 aromatic heterocycles. The summed E-state index contributed by atoms with van der Waals surface area (Å²) < 4.78 is 2.29. The van der Waals surface area contributed by atoms with Crippen LogP contribution in [-0.4, -0.2) is 33.6 Å². The summed E-state index contributed by atoms with van der Waals surface area (Å²) in [5.41, 5.74) is 3.17. The van der Waals surface area contributed by atoms with Gasteiger partial charge in [0.05, 0.1) is 6.33 Å². The molecule has 0 spiro atoms. The van der Waals surface area contributed by atoms with E-state index in [-0.39, 0.29) is 0 Å². The van der Waals surface area contributed by atoms with E-state index in [4.69, 9.17) is 0 Å². The summed E-state index contributed by atoms with van der Waals surface area (Å²) >= 11 is 0. The van der Waals surface area contributed by atoms with E-state index in [1.807, 2.05) is 12.5 Å². The molecule has 0 radical (unpaired) electrons. The molecule has 0 saturated carbocycles. The minimum atomic E-state index is 0.517. The van der Waals surface area contributed by atoms with Gasteiger partial charge in [-0.3, -0.25) is 4.90 Å². The van der Waals surface area contributed by atoms with Gasteiger partial charge in [0.2, 0.25) is 0 Å². The van der Waals surface area contributed by atoms with Crippen molar-refractivity contribution < 1.29 is 0 Å². The molecule has 2 heterocycles. The van der Waals surface area contributed by atoms with E-state index < -0.39 is 0 Å². The quantitative estimate of drug-likeness (QED) is 0.844. The molecule has 2 aromatic rings. The first kappa shape index (κ1) is 15.9. The summed E-state index contributed by atoms with van der Waals surface area (Å²) in [6.07, 6.45) is 13.9.